The van der Waals surface area contributed by atoms with Crippen molar-refractivity contribution in [2.75, 3.05) is 13.7 Å². The summed E-state index contributed by atoms with van der Waals surface area (Å²) in [6, 6.07) is 2.95. The summed E-state index contributed by atoms with van der Waals surface area (Å²) in [6.07, 6.45) is -0.172. The molecule has 0 aromatic carbocycles. The molecule has 0 saturated carbocycles. The minimum Gasteiger partial charge on any atom is -0.468 e. The normalized spacial score (nSPS) is 23.6. The van der Waals surface area contributed by atoms with Crippen LogP contribution in [0.5, 0.6) is 0 Å². The first-order valence-electron chi connectivity index (χ1n) is 5.82. The van der Waals surface area contributed by atoms with Crippen molar-refractivity contribution in [3.8, 4) is 0 Å². The molecular formula is C12H14Cl2N2O3. The molecule has 5 nitrogen and oxygen atoms in total. The summed E-state index contributed by atoms with van der Waals surface area (Å²) >= 11 is 11.7. The van der Waals surface area contributed by atoms with Crippen LogP contribution in [0.2, 0.25) is 10.3 Å². The number of rotatable bonds is 3. The standard InChI is InChI=1S/C12H14Cl2N2O3/c1-19-12(18)9-4-8(17)6-16(9)5-7-2-3-10(13)15-11(7)14/h2-3,8-9,17H,4-6H2,1H3. The molecule has 0 spiro atoms. The van der Waals surface area contributed by atoms with E-state index in [9.17, 15) is 9.90 Å². The van der Waals surface area contributed by atoms with Gasteiger partial charge in [-0.15, -0.1) is 0 Å². The second kappa shape index (κ2) is 6.05. The molecule has 104 valence electrons. The predicted octanol–water partition coefficient (Wildman–Crippen LogP) is 1.50. The lowest BCUT2D eigenvalue weighted by Gasteiger charge is -2.22. The van der Waals surface area contributed by atoms with Crippen molar-refractivity contribution in [3.05, 3.63) is 28.0 Å². The molecule has 0 radical (unpaired) electrons. The third-order valence-corrected chi connectivity index (χ3v) is 3.66. The van der Waals surface area contributed by atoms with Crippen LogP contribution in [-0.4, -0.2) is 46.8 Å². The van der Waals surface area contributed by atoms with Gasteiger partial charge in [0.2, 0.25) is 0 Å². The number of aromatic nitrogens is 1. The van der Waals surface area contributed by atoms with Crippen LogP contribution >= 0.6 is 23.2 Å². The van der Waals surface area contributed by atoms with E-state index in [4.69, 9.17) is 27.9 Å². The summed E-state index contributed by atoms with van der Waals surface area (Å²) in [5.41, 5.74) is 0.758. The average Bonchev–Trinajstić information content (AvgIpc) is 2.73. The quantitative estimate of drug-likeness (QED) is 0.677. The number of nitrogens with zero attached hydrogens (tertiary/aromatic N) is 2. The van der Waals surface area contributed by atoms with Gasteiger partial charge < -0.3 is 9.84 Å². The van der Waals surface area contributed by atoms with Crippen LogP contribution in [0.4, 0.5) is 0 Å². The summed E-state index contributed by atoms with van der Waals surface area (Å²) < 4.78 is 4.74. The Morgan fingerprint density at radius 1 is 1.58 bits per heavy atom. The van der Waals surface area contributed by atoms with Gasteiger partial charge in [0.25, 0.3) is 0 Å². The monoisotopic (exact) mass is 304 g/mol. The molecule has 2 rings (SSSR count). The Morgan fingerprint density at radius 3 is 2.95 bits per heavy atom. The molecule has 0 amide bonds. The molecule has 1 aliphatic heterocycles. The van der Waals surface area contributed by atoms with Gasteiger partial charge >= 0.3 is 5.97 Å². The van der Waals surface area contributed by atoms with Crippen molar-refractivity contribution >= 4 is 29.2 Å². The Kier molecular flexibility index (Phi) is 4.62. The van der Waals surface area contributed by atoms with Gasteiger partial charge in [-0.25, -0.2) is 4.98 Å². The van der Waals surface area contributed by atoms with Gasteiger partial charge in [0.05, 0.1) is 13.2 Å². The highest BCUT2D eigenvalue weighted by atomic mass is 35.5. The van der Waals surface area contributed by atoms with Crippen molar-refractivity contribution in [2.24, 2.45) is 0 Å². The molecule has 1 aromatic rings. The lowest BCUT2D eigenvalue weighted by Crippen LogP contribution is -2.36. The van der Waals surface area contributed by atoms with E-state index in [1.54, 1.807) is 12.1 Å². The molecule has 0 bridgehead atoms. The first-order chi connectivity index (χ1) is 9.01. The fourth-order valence-electron chi connectivity index (χ4n) is 2.21. The van der Waals surface area contributed by atoms with Crippen molar-refractivity contribution in [1.82, 2.24) is 9.88 Å². The first-order valence-corrected chi connectivity index (χ1v) is 6.57. The Hall–Kier alpha value is -0.880. The highest BCUT2D eigenvalue weighted by Crippen LogP contribution is 2.24. The van der Waals surface area contributed by atoms with E-state index in [0.717, 1.165) is 5.56 Å². The van der Waals surface area contributed by atoms with Crippen molar-refractivity contribution in [1.29, 1.82) is 0 Å². The Balaban J connectivity index is 2.14. The number of carbonyl (C=O) groups is 1. The molecule has 2 heterocycles. The highest BCUT2D eigenvalue weighted by molar-refractivity contribution is 6.32. The third-order valence-electron chi connectivity index (χ3n) is 3.12. The van der Waals surface area contributed by atoms with Crippen LogP contribution in [-0.2, 0) is 16.1 Å². The minimum absolute atomic E-state index is 0.303. The number of esters is 1. The summed E-state index contributed by atoms with van der Waals surface area (Å²) in [5.74, 6) is -0.352. The summed E-state index contributed by atoms with van der Waals surface area (Å²) in [5, 5.41) is 10.3. The molecule has 1 fully saturated rings. The van der Waals surface area contributed by atoms with Crippen LogP contribution < -0.4 is 0 Å². The number of pyridine rings is 1. The Morgan fingerprint density at radius 2 is 2.32 bits per heavy atom. The number of aliphatic hydroxyl groups excluding tert-OH is 1. The van der Waals surface area contributed by atoms with E-state index in [1.807, 2.05) is 4.90 Å². The lowest BCUT2D eigenvalue weighted by atomic mass is 10.2. The number of carbonyl (C=O) groups excluding carboxylic acids is 1. The van der Waals surface area contributed by atoms with Crippen molar-refractivity contribution in [3.63, 3.8) is 0 Å². The summed E-state index contributed by atoms with van der Waals surface area (Å²) in [6.45, 7) is 0.818. The molecule has 1 aliphatic rings. The van der Waals surface area contributed by atoms with E-state index in [0.29, 0.717) is 29.8 Å². The van der Waals surface area contributed by atoms with Crippen LogP contribution in [0.25, 0.3) is 0 Å². The maximum absolute atomic E-state index is 11.7. The second-order valence-corrected chi connectivity index (χ2v) is 5.19. The topological polar surface area (TPSA) is 62.7 Å². The molecule has 19 heavy (non-hydrogen) atoms. The van der Waals surface area contributed by atoms with Crippen LogP contribution in [0.15, 0.2) is 12.1 Å². The van der Waals surface area contributed by atoms with Gasteiger partial charge in [-0.2, -0.15) is 0 Å². The van der Waals surface area contributed by atoms with E-state index in [1.165, 1.54) is 7.11 Å². The van der Waals surface area contributed by atoms with Gasteiger partial charge in [-0.1, -0.05) is 29.3 Å². The van der Waals surface area contributed by atoms with E-state index in [-0.39, 0.29) is 5.97 Å². The van der Waals surface area contributed by atoms with Gasteiger partial charge in [0.15, 0.2) is 0 Å². The van der Waals surface area contributed by atoms with Gasteiger partial charge in [0.1, 0.15) is 16.3 Å². The Bertz CT molecular complexity index is 484. The molecule has 1 saturated heterocycles. The minimum atomic E-state index is -0.539. The zero-order chi connectivity index (χ0) is 14.0. The Labute approximate surface area is 121 Å². The number of likely N-dealkylation sites (tertiary alicyclic amines) is 1. The fraction of sp³-hybridized carbons (Fsp3) is 0.500. The molecule has 7 heteroatoms. The lowest BCUT2D eigenvalue weighted by molar-refractivity contribution is -0.146. The summed E-state index contributed by atoms with van der Waals surface area (Å²) in [7, 11) is 1.34. The van der Waals surface area contributed by atoms with E-state index >= 15 is 0 Å². The molecule has 1 aromatic heterocycles. The zero-order valence-electron chi connectivity index (χ0n) is 10.3. The molecule has 2 unspecified atom stereocenters. The number of halogens is 2. The maximum atomic E-state index is 11.7. The third kappa shape index (κ3) is 3.36. The molecule has 1 N–H and O–H groups in total. The van der Waals surface area contributed by atoms with Crippen molar-refractivity contribution in [2.45, 2.75) is 25.1 Å². The van der Waals surface area contributed by atoms with E-state index in [2.05, 4.69) is 4.98 Å². The van der Waals surface area contributed by atoms with Crippen LogP contribution in [0, 0.1) is 0 Å². The van der Waals surface area contributed by atoms with E-state index < -0.39 is 12.1 Å². The number of aliphatic hydroxyl groups is 1. The SMILES string of the molecule is COC(=O)C1CC(O)CN1Cc1ccc(Cl)nc1Cl. The predicted molar refractivity (Wildman–Crippen MR) is 71.1 cm³/mol. The van der Waals surface area contributed by atoms with Gasteiger partial charge in [0, 0.05) is 25.1 Å². The number of hydrogen-bond donors (Lipinski definition) is 1. The number of β-amino-alcohol motifs (C(OH)–C–C–N with tert-alkyl or cyclic N) is 1. The molecule has 0 aliphatic carbocycles. The zero-order valence-corrected chi connectivity index (χ0v) is 11.9. The fourth-order valence-corrected chi connectivity index (χ4v) is 2.62. The second-order valence-electron chi connectivity index (χ2n) is 4.44. The van der Waals surface area contributed by atoms with Gasteiger partial charge in [-0.05, 0) is 6.07 Å². The number of methoxy groups -OCH3 is 1. The largest absolute Gasteiger partial charge is 0.468 e. The highest BCUT2D eigenvalue weighted by Gasteiger charge is 2.36. The molecule has 2 atom stereocenters. The maximum Gasteiger partial charge on any atom is 0.323 e. The van der Waals surface area contributed by atoms with Crippen LogP contribution in [0.1, 0.15) is 12.0 Å². The summed E-state index contributed by atoms with van der Waals surface area (Å²) in [4.78, 5) is 17.4. The molecular weight excluding hydrogens is 291 g/mol. The first kappa shape index (κ1) is 14.5. The smallest absolute Gasteiger partial charge is 0.323 e. The van der Waals surface area contributed by atoms with Gasteiger partial charge in [-0.3, -0.25) is 9.69 Å². The average molecular weight is 305 g/mol. The van der Waals surface area contributed by atoms with Crippen LogP contribution in [0.3, 0.4) is 0 Å². The number of hydrogen-bond acceptors (Lipinski definition) is 5. The van der Waals surface area contributed by atoms with Crippen molar-refractivity contribution < 1.29 is 14.6 Å². The number of ether oxygens (including phenoxy) is 1.